The lowest BCUT2D eigenvalue weighted by Crippen LogP contribution is -2.24. The SMILES string of the molecule is N#Cc1ccc(NCCCCNC(=O)c2ccc(F)cc2)cc1C(F)(F)F. The Morgan fingerprint density at radius 3 is 2.33 bits per heavy atom. The highest BCUT2D eigenvalue weighted by molar-refractivity contribution is 5.94. The molecule has 0 aliphatic heterocycles. The van der Waals surface area contributed by atoms with Crippen molar-refractivity contribution in [3.8, 4) is 6.07 Å². The molecule has 0 aliphatic carbocycles. The Morgan fingerprint density at radius 2 is 1.70 bits per heavy atom. The summed E-state index contributed by atoms with van der Waals surface area (Å²) in [5.41, 5.74) is -0.762. The van der Waals surface area contributed by atoms with Crippen LogP contribution in [0.4, 0.5) is 23.2 Å². The van der Waals surface area contributed by atoms with Gasteiger partial charge in [0.25, 0.3) is 5.91 Å². The van der Waals surface area contributed by atoms with Gasteiger partial charge in [0.15, 0.2) is 0 Å². The van der Waals surface area contributed by atoms with E-state index in [2.05, 4.69) is 10.6 Å². The highest BCUT2D eigenvalue weighted by atomic mass is 19.4. The minimum atomic E-state index is -4.59. The maximum Gasteiger partial charge on any atom is 0.417 e. The number of benzene rings is 2. The summed E-state index contributed by atoms with van der Waals surface area (Å²) in [6.07, 6.45) is -3.36. The zero-order valence-electron chi connectivity index (χ0n) is 14.2. The Hall–Kier alpha value is -3.08. The Morgan fingerprint density at radius 1 is 1.04 bits per heavy atom. The first-order valence-corrected chi connectivity index (χ1v) is 8.20. The number of amides is 1. The summed E-state index contributed by atoms with van der Waals surface area (Å²) in [7, 11) is 0. The highest BCUT2D eigenvalue weighted by Gasteiger charge is 2.33. The van der Waals surface area contributed by atoms with Crippen molar-refractivity contribution >= 4 is 11.6 Å². The van der Waals surface area contributed by atoms with Crippen molar-refractivity contribution in [2.24, 2.45) is 0 Å². The van der Waals surface area contributed by atoms with E-state index in [-0.39, 0.29) is 11.6 Å². The lowest BCUT2D eigenvalue weighted by atomic mass is 10.1. The van der Waals surface area contributed by atoms with Crippen molar-refractivity contribution < 1.29 is 22.4 Å². The van der Waals surface area contributed by atoms with E-state index in [0.717, 1.165) is 12.1 Å². The van der Waals surface area contributed by atoms with Crippen LogP contribution in [0.3, 0.4) is 0 Å². The second-order valence-electron chi connectivity index (χ2n) is 5.77. The molecule has 0 aliphatic rings. The van der Waals surface area contributed by atoms with Gasteiger partial charge in [-0.15, -0.1) is 0 Å². The number of nitrogens with zero attached hydrogens (tertiary/aromatic N) is 1. The molecule has 27 heavy (non-hydrogen) atoms. The Bertz CT molecular complexity index is 826. The molecule has 0 bridgehead atoms. The molecule has 2 rings (SSSR count). The fourth-order valence-corrected chi connectivity index (χ4v) is 2.37. The fourth-order valence-electron chi connectivity index (χ4n) is 2.37. The molecule has 2 aromatic carbocycles. The van der Waals surface area contributed by atoms with E-state index in [4.69, 9.17) is 5.26 Å². The van der Waals surface area contributed by atoms with Crippen LogP contribution >= 0.6 is 0 Å². The molecule has 0 spiro atoms. The zero-order chi connectivity index (χ0) is 19.9. The van der Waals surface area contributed by atoms with Gasteiger partial charge in [-0.25, -0.2) is 4.39 Å². The van der Waals surface area contributed by atoms with Crippen LogP contribution in [0.25, 0.3) is 0 Å². The molecule has 0 saturated heterocycles. The molecule has 0 fully saturated rings. The van der Waals surface area contributed by atoms with Crippen molar-refractivity contribution in [1.29, 1.82) is 5.26 Å². The molecule has 0 aromatic heterocycles. The van der Waals surface area contributed by atoms with Gasteiger partial charge in [-0.05, 0) is 55.3 Å². The standard InChI is InChI=1S/C19H17F4N3O/c20-15-6-3-13(4-7-15)18(27)26-10-2-1-9-25-16-8-5-14(12-24)17(11-16)19(21,22)23/h3-8,11,25H,1-2,9-10H2,(H,26,27). The maximum absolute atomic E-state index is 12.9. The van der Waals surface area contributed by atoms with E-state index in [1.165, 1.54) is 36.4 Å². The average Bonchev–Trinajstić information content (AvgIpc) is 2.64. The van der Waals surface area contributed by atoms with Crippen LogP contribution in [0, 0.1) is 17.1 Å². The van der Waals surface area contributed by atoms with Crippen LogP contribution in [0.15, 0.2) is 42.5 Å². The molecular weight excluding hydrogens is 362 g/mol. The summed E-state index contributed by atoms with van der Waals surface area (Å²) < 4.78 is 51.5. The molecule has 2 N–H and O–H groups in total. The van der Waals surface area contributed by atoms with Gasteiger partial charge >= 0.3 is 6.18 Å². The average molecular weight is 379 g/mol. The number of alkyl halides is 3. The van der Waals surface area contributed by atoms with Gasteiger partial charge in [0.05, 0.1) is 17.2 Å². The largest absolute Gasteiger partial charge is 0.417 e. The van der Waals surface area contributed by atoms with Crippen LogP contribution in [-0.4, -0.2) is 19.0 Å². The van der Waals surface area contributed by atoms with E-state index in [1.54, 1.807) is 0 Å². The van der Waals surface area contributed by atoms with Gasteiger partial charge in [0, 0.05) is 24.3 Å². The predicted octanol–water partition coefficient (Wildman–Crippen LogP) is 4.34. The minimum Gasteiger partial charge on any atom is -0.385 e. The van der Waals surface area contributed by atoms with Crippen molar-refractivity contribution in [3.05, 3.63) is 65.0 Å². The zero-order valence-corrected chi connectivity index (χ0v) is 14.2. The van der Waals surface area contributed by atoms with Gasteiger partial charge in [0.1, 0.15) is 5.82 Å². The number of hydrogen-bond donors (Lipinski definition) is 2. The summed E-state index contributed by atoms with van der Waals surface area (Å²) in [5, 5.41) is 14.3. The molecule has 0 unspecified atom stereocenters. The molecular formula is C19H17F4N3O. The van der Waals surface area contributed by atoms with Crippen molar-refractivity contribution in [2.75, 3.05) is 18.4 Å². The van der Waals surface area contributed by atoms with Crippen molar-refractivity contribution in [2.45, 2.75) is 19.0 Å². The summed E-state index contributed by atoms with van der Waals surface area (Å²) in [6.45, 7) is 0.800. The molecule has 4 nitrogen and oxygen atoms in total. The van der Waals surface area contributed by atoms with E-state index < -0.39 is 23.1 Å². The minimum absolute atomic E-state index is 0.275. The topological polar surface area (TPSA) is 64.9 Å². The third kappa shape index (κ3) is 5.99. The molecule has 0 atom stereocenters. The monoisotopic (exact) mass is 379 g/mol. The van der Waals surface area contributed by atoms with Crippen LogP contribution in [0.1, 0.15) is 34.3 Å². The number of unbranched alkanes of at least 4 members (excludes halogenated alkanes) is 1. The first-order valence-electron chi connectivity index (χ1n) is 8.20. The number of hydrogen-bond acceptors (Lipinski definition) is 3. The second-order valence-corrected chi connectivity index (χ2v) is 5.77. The van der Waals surface area contributed by atoms with E-state index in [0.29, 0.717) is 31.5 Å². The van der Waals surface area contributed by atoms with E-state index in [9.17, 15) is 22.4 Å². The number of carbonyl (C=O) groups is 1. The Balaban J connectivity index is 1.75. The van der Waals surface area contributed by atoms with Gasteiger partial charge in [-0.2, -0.15) is 18.4 Å². The molecule has 0 saturated carbocycles. The van der Waals surface area contributed by atoms with E-state index in [1.807, 2.05) is 0 Å². The second kappa shape index (κ2) is 9.03. The molecule has 142 valence electrons. The van der Waals surface area contributed by atoms with Crippen LogP contribution < -0.4 is 10.6 Å². The number of halogens is 4. The molecule has 0 heterocycles. The quantitative estimate of drug-likeness (QED) is 0.556. The Kier molecular flexibility index (Phi) is 6.77. The van der Waals surface area contributed by atoms with Crippen LogP contribution in [0.5, 0.6) is 0 Å². The first-order chi connectivity index (χ1) is 12.8. The van der Waals surface area contributed by atoms with Gasteiger partial charge in [-0.3, -0.25) is 4.79 Å². The van der Waals surface area contributed by atoms with E-state index >= 15 is 0 Å². The third-order valence-corrected chi connectivity index (χ3v) is 3.77. The predicted molar refractivity (Wildman–Crippen MR) is 92.6 cm³/mol. The van der Waals surface area contributed by atoms with Gasteiger partial charge in [0.2, 0.25) is 0 Å². The number of rotatable bonds is 7. The summed E-state index contributed by atoms with van der Waals surface area (Å²) >= 11 is 0. The maximum atomic E-state index is 12.9. The van der Waals surface area contributed by atoms with Crippen molar-refractivity contribution in [3.63, 3.8) is 0 Å². The molecule has 2 aromatic rings. The number of anilines is 1. The van der Waals surface area contributed by atoms with Gasteiger partial charge < -0.3 is 10.6 Å². The lowest BCUT2D eigenvalue weighted by molar-refractivity contribution is -0.137. The number of nitrogens with one attached hydrogen (secondary N) is 2. The van der Waals surface area contributed by atoms with Crippen molar-refractivity contribution in [1.82, 2.24) is 5.32 Å². The van der Waals surface area contributed by atoms with Crippen LogP contribution in [0.2, 0.25) is 0 Å². The number of nitriles is 1. The molecule has 8 heteroatoms. The lowest BCUT2D eigenvalue weighted by Gasteiger charge is -2.12. The molecule has 1 amide bonds. The number of carbonyl (C=O) groups excluding carboxylic acids is 1. The Labute approximate surface area is 153 Å². The smallest absolute Gasteiger partial charge is 0.385 e. The summed E-state index contributed by atoms with van der Waals surface area (Å²) in [4.78, 5) is 11.8. The summed E-state index contributed by atoms with van der Waals surface area (Å²) in [5.74, 6) is -0.737. The summed E-state index contributed by atoms with van der Waals surface area (Å²) in [6, 6.07) is 10.2. The normalized spacial score (nSPS) is 10.9. The first kappa shape index (κ1) is 20.2. The van der Waals surface area contributed by atoms with Gasteiger partial charge in [-0.1, -0.05) is 0 Å². The third-order valence-electron chi connectivity index (χ3n) is 3.77. The fraction of sp³-hybridized carbons (Fsp3) is 0.263. The molecule has 0 radical (unpaired) electrons. The van der Waals surface area contributed by atoms with Crippen LogP contribution in [-0.2, 0) is 6.18 Å². The highest BCUT2D eigenvalue weighted by Crippen LogP contribution is 2.33.